The molecule has 0 aliphatic heterocycles. The lowest BCUT2D eigenvalue weighted by molar-refractivity contribution is -0.139. The van der Waals surface area contributed by atoms with E-state index >= 15 is 0 Å². The van der Waals surface area contributed by atoms with E-state index in [0.717, 1.165) is 0 Å². The molecule has 0 fully saturated rings. The number of carboxylic acids is 1. The van der Waals surface area contributed by atoms with Crippen LogP contribution in [0.5, 0.6) is 5.75 Å². The smallest absolute Gasteiger partial charge is 0.305 e. The minimum atomic E-state index is -1.32. The van der Waals surface area contributed by atoms with E-state index in [-0.39, 0.29) is 53.2 Å². The van der Waals surface area contributed by atoms with Crippen LogP contribution in [0.3, 0.4) is 0 Å². The van der Waals surface area contributed by atoms with E-state index in [4.69, 9.17) is 12.0 Å². The third-order valence-electron chi connectivity index (χ3n) is 6.74. The number of phenols is 1. The van der Waals surface area contributed by atoms with Gasteiger partial charge < -0.3 is 30.3 Å². The van der Waals surface area contributed by atoms with Crippen molar-refractivity contribution in [2.75, 3.05) is 5.32 Å². The Hall–Kier alpha value is -4.47. The SMILES string of the molecule is [2H]c1c([2H])c([2H])c(-c2c(C(=O)Nc3ccccc3O)c(C(C)C)n(CCC(O)CC(O)CC(=O)O)c2-c2ccc(F)cc2)c([2H])c1[2H]. The molecule has 220 valence electrons. The summed E-state index contributed by atoms with van der Waals surface area (Å²) in [5, 5.41) is 43.0. The van der Waals surface area contributed by atoms with E-state index < -0.39 is 72.5 Å². The van der Waals surface area contributed by atoms with E-state index in [1.807, 2.05) is 0 Å². The molecular weight excluding hydrogens is 539 g/mol. The van der Waals surface area contributed by atoms with Crippen molar-refractivity contribution in [2.24, 2.45) is 0 Å². The Morgan fingerprint density at radius 3 is 2.26 bits per heavy atom. The summed E-state index contributed by atoms with van der Waals surface area (Å²) >= 11 is 0. The quantitative estimate of drug-likeness (QED) is 0.130. The number of benzene rings is 3. The zero-order valence-electron chi connectivity index (χ0n) is 28.1. The van der Waals surface area contributed by atoms with Crippen molar-refractivity contribution in [3.05, 3.63) is 95.8 Å². The number of nitrogens with zero attached hydrogens (tertiary/aromatic N) is 1. The van der Waals surface area contributed by atoms with Gasteiger partial charge in [0.05, 0.1) is 42.4 Å². The molecule has 0 aliphatic carbocycles. The lowest BCUT2D eigenvalue weighted by Gasteiger charge is -2.20. The molecule has 4 aromatic rings. The summed E-state index contributed by atoms with van der Waals surface area (Å²) in [4.78, 5) is 25.3. The van der Waals surface area contributed by atoms with Gasteiger partial charge in [-0.1, -0.05) is 56.2 Å². The van der Waals surface area contributed by atoms with Crippen LogP contribution in [0.1, 0.15) is 61.9 Å². The number of rotatable bonds is 12. The van der Waals surface area contributed by atoms with E-state index in [0.29, 0.717) is 11.3 Å². The molecule has 0 saturated heterocycles. The molecule has 1 heterocycles. The van der Waals surface area contributed by atoms with E-state index in [2.05, 4.69) is 5.32 Å². The monoisotopic (exact) mass is 579 g/mol. The van der Waals surface area contributed by atoms with Gasteiger partial charge in [0.15, 0.2) is 0 Å². The van der Waals surface area contributed by atoms with Crippen molar-refractivity contribution in [2.45, 2.75) is 57.8 Å². The summed E-state index contributed by atoms with van der Waals surface area (Å²) in [5.41, 5.74) is 0.545. The summed E-state index contributed by atoms with van der Waals surface area (Å²) in [5.74, 6) is -3.26. The van der Waals surface area contributed by atoms with Crippen LogP contribution in [0, 0.1) is 5.82 Å². The number of aliphatic carboxylic acids is 1. The van der Waals surface area contributed by atoms with Crippen LogP contribution < -0.4 is 5.32 Å². The van der Waals surface area contributed by atoms with E-state index in [1.165, 1.54) is 36.4 Å². The standard InChI is InChI=1S/C33H35FN2O6/c1-20(2)31-30(33(42)35-26-10-6-7-11-27(26)39)29(21-8-4-3-5-9-21)32(22-12-14-23(34)15-13-22)36(31)17-16-24(37)18-25(38)19-28(40)41/h3-15,20,24-25,37-39H,16-19H2,1-2H3,(H,35,42)(H,40,41)/i3D,4D,5D,8D,9D. The zero-order valence-corrected chi connectivity index (χ0v) is 23.1. The number of hydrogen-bond acceptors (Lipinski definition) is 5. The highest BCUT2D eigenvalue weighted by Crippen LogP contribution is 2.43. The Labute approximate surface area is 250 Å². The molecule has 0 bridgehead atoms. The maximum atomic E-state index is 14.3. The first kappa shape index (κ1) is 24.2. The maximum absolute atomic E-state index is 14.3. The van der Waals surface area contributed by atoms with Gasteiger partial charge in [-0.25, -0.2) is 4.39 Å². The van der Waals surface area contributed by atoms with Crippen LogP contribution in [0.15, 0.2) is 78.7 Å². The Bertz CT molecular complexity index is 1780. The molecule has 0 spiro atoms. The van der Waals surface area contributed by atoms with Gasteiger partial charge in [0.2, 0.25) is 0 Å². The number of nitrogens with one attached hydrogen (secondary N) is 1. The molecule has 9 heteroatoms. The molecule has 2 unspecified atom stereocenters. The van der Waals surface area contributed by atoms with Crippen molar-refractivity contribution in [3.63, 3.8) is 0 Å². The van der Waals surface area contributed by atoms with Crippen molar-refractivity contribution in [1.29, 1.82) is 0 Å². The third kappa shape index (κ3) is 7.05. The highest BCUT2D eigenvalue weighted by atomic mass is 19.1. The van der Waals surface area contributed by atoms with Crippen LogP contribution in [-0.4, -0.2) is 49.1 Å². The number of hydrogen-bond donors (Lipinski definition) is 5. The van der Waals surface area contributed by atoms with Crippen LogP contribution in [-0.2, 0) is 11.3 Å². The average molecular weight is 580 g/mol. The van der Waals surface area contributed by atoms with Crippen molar-refractivity contribution in [1.82, 2.24) is 4.57 Å². The fourth-order valence-corrected chi connectivity index (χ4v) is 4.98. The molecule has 0 radical (unpaired) electrons. The van der Waals surface area contributed by atoms with Crippen LogP contribution in [0.4, 0.5) is 10.1 Å². The molecule has 1 amide bonds. The normalized spacial score (nSPS) is 14.4. The predicted molar refractivity (Wildman–Crippen MR) is 159 cm³/mol. The molecule has 8 nitrogen and oxygen atoms in total. The predicted octanol–water partition coefficient (Wildman–Crippen LogP) is 6.02. The van der Waals surface area contributed by atoms with Crippen molar-refractivity contribution < 1.29 is 41.3 Å². The van der Waals surface area contributed by atoms with E-state index in [9.17, 15) is 29.3 Å². The van der Waals surface area contributed by atoms with Gasteiger partial charge in [0, 0.05) is 17.8 Å². The number of aromatic hydroxyl groups is 1. The number of carboxylic acid groups (broad SMARTS) is 1. The Balaban J connectivity index is 2.07. The number of phenolic OH excluding ortho intramolecular Hbond substituents is 1. The van der Waals surface area contributed by atoms with Crippen LogP contribution in [0.25, 0.3) is 22.4 Å². The Kier molecular flexibility index (Phi) is 7.74. The second kappa shape index (κ2) is 13.5. The maximum Gasteiger partial charge on any atom is 0.305 e. The van der Waals surface area contributed by atoms with E-state index in [1.54, 1.807) is 30.5 Å². The van der Waals surface area contributed by atoms with Gasteiger partial charge in [-0.15, -0.1) is 0 Å². The first-order chi connectivity index (χ1) is 22.1. The summed E-state index contributed by atoms with van der Waals surface area (Å²) in [7, 11) is 0. The van der Waals surface area contributed by atoms with Crippen LogP contribution in [0.2, 0.25) is 0 Å². The summed E-state index contributed by atoms with van der Waals surface area (Å²) in [6.07, 6.45) is -3.38. The molecule has 3 aromatic carbocycles. The number of para-hydroxylation sites is 2. The highest BCUT2D eigenvalue weighted by molar-refractivity contribution is 6.13. The summed E-state index contributed by atoms with van der Waals surface area (Å²) in [6.45, 7) is 3.52. The molecule has 0 saturated carbocycles. The Morgan fingerprint density at radius 1 is 0.976 bits per heavy atom. The van der Waals surface area contributed by atoms with Crippen molar-refractivity contribution >= 4 is 17.6 Å². The van der Waals surface area contributed by atoms with Gasteiger partial charge >= 0.3 is 5.97 Å². The highest BCUT2D eigenvalue weighted by Gasteiger charge is 2.31. The zero-order chi connectivity index (χ0) is 34.7. The number of carbonyl (C=O) groups is 2. The Morgan fingerprint density at radius 2 is 1.64 bits per heavy atom. The molecule has 0 aliphatic rings. The molecule has 4 rings (SSSR count). The number of aromatic nitrogens is 1. The molecule has 42 heavy (non-hydrogen) atoms. The summed E-state index contributed by atoms with van der Waals surface area (Å²) in [6, 6.07) is 8.07. The van der Waals surface area contributed by atoms with Crippen molar-refractivity contribution in [3.8, 4) is 28.1 Å². The second-order valence-corrected chi connectivity index (χ2v) is 10.2. The first-order valence-corrected chi connectivity index (χ1v) is 13.4. The number of anilines is 1. The second-order valence-electron chi connectivity index (χ2n) is 10.2. The lowest BCUT2D eigenvalue weighted by Crippen LogP contribution is -2.22. The molecule has 5 N–H and O–H groups in total. The molecular formula is C33H35FN2O6. The van der Waals surface area contributed by atoms with Gasteiger partial charge in [-0.2, -0.15) is 0 Å². The fourth-order valence-electron chi connectivity index (χ4n) is 4.98. The largest absolute Gasteiger partial charge is 0.506 e. The van der Waals surface area contributed by atoms with Crippen LogP contribution >= 0.6 is 0 Å². The number of amides is 1. The topological polar surface area (TPSA) is 132 Å². The molecule has 2 atom stereocenters. The van der Waals surface area contributed by atoms with Gasteiger partial charge in [0.25, 0.3) is 5.91 Å². The minimum absolute atomic E-state index is 0.0310. The minimum Gasteiger partial charge on any atom is -0.506 e. The van der Waals surface area contributed by atoms with Gasteiger partial charge in [0.1, 0.15) is 11.6 Å². The van der Waals surface area contributed by atoms with Gasteiger partial charge in [-0.3, -0.25) is 9.59 Å². The molecule has 1 aromatic heterocycles. The lowest BCUT2D eigenvalue weighted by atomic mass is 9.94. The third-order valence-corrected chi connectivity index (χ3v) is 6.74. The first-order valence-electron chi connectivity index (χ1n) is 15.9. The number of halogens is 1. The van der Waals surface area contributed by atoms with Gasteiger partial charge in [-0.05, 0) is 66.3 Å². The summed E-state index contributed by atoms with van der Waals surface area (Å²) < 4.78 is 58.3. The number of aliphatic hydroxyl groups is 2. The number of aliphatic hydroxyl groups excluding tert-OH is 2. The number of carbonyl (C=O) groups excluding carboxylic acids is 1. The average Bonchev–Trinajstić information content (AvgIpc) is 3.34. The fraction of sp³-hybridized carbons (Fsp3) is 0.273.